The number of unbranched alkanes of at least 4 members (excludes halogenated alkanes) is 1. The van der Waals surface area contributed by atoms with Crippen molar-refractivity contribution in [2.24, 2.45) is 0 Å². The van der Waals surface area contributed by atoms with E-state index < -0.39 is 5.66 Å². The Morgan fingerprint density at radius 3 is 2.37 bits per heavy atom. The highest BCUT2D eigenvalue weighted by Crippen LogP contribution is 2.49. The minimum atomic E-state index is -1.31. The Kier molecular flexibility index (Phi) is 4.31. The molecule has 2 heterocycles. The zero-order chi connectivity index (χ0) is 20.7. The van der Waals surface area contributed by atoms with Crippen LogP contribution in [0.1, 0.15) is 35.7 Å². The Labute approximate surface area is 175 Å². The molecule has 0 aliphatic carbocycles. The summed E-state index contributed by atoms with van der Waals surface area (Å²) in [5.41, 5.74) is 2.27. The van der Waals surface area contributed by atoms with Gasteiger partial charge in [0.1, 0.15) is 0 Å². The van der Waals surface area contributed by atoms with Crippen LogP contribution >= 0.6 is 0 Å². The first-order valence-corrected chi connectivity index (χ1v) is 10.4. The monoisotopic (exact) mass is 397 g/mol. The topological polar surface area (TPSA) is 52.7 Å². The number of carbonyl (C=O) groups excluding carboxylic acids is 2. The van der Waals surface area contributed by atoms with E-state index in [1.807, 2.05) is 77.7 Å². The number of carbonyl (C=O) groups is 2. The van der Waals surface area contributed by atoms with Gasteiger partial charge >= 0.3 is 0 Å². The minimum Gasteiger partial charge on any atom is -0.350 e. The summed E-state index contributed by atoms with van der Waals surface area (Å²) >= 11 is 0. The summed E-state index contributed by atoms with van der Waals surface area (Å²) in [6, 6.07) is 24.6. The van der Waals surface area contributed by atoms with Crippen LogP contribution in [0.4, 0.5) is 17.1 Å². The molecule has 5 rings (SSSR count). The van der Waals surface area contributed by atoms with Crippen molar-refractivity contribution >= 4 is 28.9 Å². The van der Waals surface area contributed by atoms with Gasteiger partial charge in [0.25, 0.3) is 11.8 Å². The fraction of sp³-hybridized carbons (Fsp3) is 0.200. The molecule has 0 saturated heterocycles. The molecule has 0 fully saturated rings. The number of anilines is 3. The van der Waals surface area contributed by atoms with Crippen molar-refractivity contribution in [2.75, 3.05) is 21.7 Å². The van der Waals surface area contributed by atoms with E-state index in [-0.39, 0.29) is 11.8 Å². The first-order chi connectivity index (χ1) is 14.7. The quantitative estimate of drug-likeness (QED) is 0.691. The molecule has 150 valence electrons. The van der Waals surface area contributed by atoms with Crippen molar-refractivity contribution in [1.82, 2.24) is 0 Å². The molecular formula is C25H23N3O2. The van der Waals surface area contributed by atoms with Crippen LogP contribution in [0, 0.1) is 0 Å². The van der Waals surface area contributed by atoms with Crippen molar-refractivity contribution in [3.63, 3.8) is 0 Å². The Bertz CT molecular complexity index is 1130. The average Bonchev–Trinajstić information content (AvgIpc) is 3.01. The van der Waals surface area contributed by atoms with E-state index in [9.17, 15) is 9.59 Å². The highest BCUT2D eigenvalue weighted by molar-refractivity contribution is 6.22. The highest BCUT2D eigenvalue weighted by Gasteiger charge is 2.59. The molecular weight excluding hydrogens is 374 g/mol. The molecule has 1 N–H and O–H groups in total. The maximum absolute atomic E-state index is 14.1. The van der Waals surface area contributed by atoms with Crippen LogP contribution in [0.5, 0.6) is 0 Å². The van der Waals surface area contributed by atoms with Crippen LogP contribution in [0.25, 0.3) is 0 Å². The number of hydrogen-bond acceptors (Lipinski definition) is 3. The van der Waals surface area contributed by atoms with E-state index in [0.29, 0.717) is 23.5 Å². The normalized spacial score (nSPS) is 19.6. The number of benzene rings is 3. The average molecular weight is 397 g/mol. The van der Waals surface area contributed by atoms with E-state index >= 15 is 0 Å². The van der Waals surface area contributed by atoms with Crippen LogP contribution in [0.15, 0.2) is 78.9 Å². The number of nitrogens with zero attached hydrogens (tertiary/aromatic N) is 2. The van der Waals surface area contributed by atoms with Crippen molar-refractivity contribution in [1.29, 1.82) is 0 Å². The van der Waals surface area contributed by atoms with Gasteiger partial charge in [0.15, 0.2) is 0 Å². The molecule has 0 saturated carbocycles. The standard InChI is InChI=1S/C25H23N3O2/c1-2-3-17-27-22-16-10-8-14-20(22)25(24(27)30)26-21-15-9-7-13-19(21)23(29)28(25)18-11-5-4-6-12-18/h4-16,26H,2-3,17H2,1H3/t25-/m1/s1. The zero-order valence-corrected chi connectivity index (χ0v) is 16.8. The molecule has 1 spiro atoms. The zero-order valence-electron chi connectivity index (χ0n) is 16.8. The smallest absolute Gasteiger partial charge is 0.279 e. The van der Waals surface area contributed by atoms with Gasteiger partial charge in [-0.15, -0.1) is 0 Å². The predicted molar refractivity (Wildman–Crippen MR) is 119 cm³/mol. The van der Waals surface area contributed by atoms with Crippen molar-refractivity contribution < 1.29 is 9.59 Å². The van der Waals surface area contributed by atoms with E-state index in [4.69, 9.17) is 0 Å². The van der Waals surface area contributed by atoms with E-state index in [2.05, 4.69) is 12.2 Å². The molecule has 2 aliphatic heterocycles. The first-order valence-electron chi connectivity index (χ1n) is 10.4. The van der Waals surface area contributed by atoms with Crippen molar-refractivity contribution in [3.05, 3.63) is 90.0 Å². The van der Waals surface area contributed by atoms with E-state index in [0.717, 1.165) is 24.1 Å². The lowest BCUT2D eigenvalue weighted by atomic mass is 9.92. The summed E-state index contributed by atoms with van der Waals surface area (Å²) in [4.78, 5) is 31.3. The second-order valence-electron chi connectivity index (χ2n) is 7.68. The number of amides is 2. The molecule has 30 heavy (non-hydrogen) atoms. The largest absolute Gasteiger partial charge is 0.350 e. The fourth-order valence-corrected chi connectivity index (χ4v) is 4.50. The van der Waals surface area contributed by atoms with Gasteiger partial charge in [-0.1, -0.05) is 61.9 Å². The molecule has 3 aromatic carbocycles. The molecule has 2 aliphatic rings. The van der Waals surface area contributed by atoms with Gasteiger partial charge in [0.05, 0.1) is 11.3 Å². The molecule has 5 heteroatoms. The van der Waals surface area contributed by atoms with Crippen molar-refractivity contribution in [3.8, 4) is 0 Å². The lowest BCUT2D eigenvalue weighted by molar-refractivity contribution is -0.122. The van der Waals surface area contributed by atoms with Gasteiger partial charge in [0, 0.05) is 23.5 Å². The summed E-state index contributed by atoms with van der Waals surface area (Å²) in [6.07, 6.45) is 1.88. The second-order valence-corrected chi connectivity index (χ2v) is 7.68. The molecule has 0 bridgehead atoms. The Balaban J connectivity index is 1.78. The third-order valence-electron chi connectivity index (χ3n) is 5.90. The van der Waals surface area contributed by atoms with Gasteiger partial charge < -0.3 is 10.2 Å². The van der Waals surface area contributed by atoms with Gasteiger partial charge in [-0.3, -0.25) is 14.5 Å². The molecule has 1 atom stereocenters. The summed E-state index contributed by atoms with van der Waals surface area (Å²) in [5.74, 6) is -0.306. The number of fused-ring (bicyclic) bond motifs is 3. The SMILES string of the molecule is CCCCN1C(=O)[C@@]2(Nc3ccccc3C(=O)N2c2ccccc2)c2ccccc21. The first kappa shape index (κ1) is 18.4. The van der Waals surface area contributed by atoms with Crippen LogP contribution in [0.2, 0.25) is 0 Å². The van der Waals surface area contributed by atoms with Crippen LogP contribution in [-0.2, 0) is 10.5 Å². The molecule has 2 amide bonds. The van der Waals surface area contributed by atoms with E-state index in [1.54, 1.807) is 11.0 Å². The van der Waals surface area contributed by atoms with Crippen LogP contribution in [0.3, 0.4) is 0 Å². The van der Waals surface area contributed by atoms with E-state index in [1.165, 1.54) is 0 Å². The van der Waals surface area contributed by atoms with Crippen molar-refractivity contribution in [2.45, 2.75) is 25.4 Å². The van der Waals surface area contributed by atoms with Gasteiger partial charge in [-0.2, -0.15) is 0 Å². The number of nitrogens with one attached hydrogen (secondary N) is 1. The van der Waals surface area contributed by atoms with Crippen LogP contribution < -0.4 is 15.1 Å². The number of rotatable bonds is 4. The molecule has 5 nitrogen and oxygen atoms in total. The summed E-state index contributed by atoms with van der Waals surface area (Å²) in [5, 5.41) is 3.48. The highest BCUT2D eigenvalue weighted by atomic mass is 16.2. The maximum atomic E-state index is 14.1. The summed E-state index contributed by atoms with van der Waals surface area (Å²) < 4.78 is 0. The Morgan fingerprint density at radius 1 is 0.867 bits per heavy atom. The Hall–Kier alpha value is -3.60. The Morgan fingerprint density at radius 2 is 1.57 bits per heavy atom. The summed E-state index contributed by atoms with van der Waals surface area (Å²) in [7, 11) is 0. The van der Waals surface area contributed by atoms with Crippen LogP contribution in [-0.4, -0.2) is 18.4 Å². The summed E-state index contributed by atoms with van der Waals surface area (Å²) in [6.45, 7) is 2.73. The lowest BCUT2D eigenvalue weighted by Gasteiger charge is -2.45. The molecule has 0 aromatic heterocycles. The molecule has 3 aromatic rings. The second kappa shape index (κ2) is 7.02. The van der Waals surface area contributed by atoms with Gasteiger partial charge in [-0.25, -0.2) is 0 Å². The molecule has 0 radical (unpaired) electrons. The predicted octanol–water partition coefficient (Wildman–Crippen LogP) is 4.76. The number of para-hydroxylation sites is 3. The minimum absolute atomic E-state index is 0.121. The third-order valence-corrected chi connectivity index (χ3v) is 5.90. The van der Waals surface area contributed by atoms with Gasteiger partial charge in [-0.05, 0) is 36.8 Å². The van der Waals surface area contributed by atoms with Gasteiger partial charge in [0.2, 0.25) is 5.66 Å². The lowest BCUT2D eigenvalue weighted by Crippen LogP contribution is -2.63. The molecule has 0 unspecified atom stereocenters. The number of hydrogen-bond donors (Lipinski definition) is 1. The third kappa shape index (κ3) is 2.48. The maximum Gasteiger partial charge on any atom is 0.279 e. The fourth-order valence-electron chi connectivity index (χ4n) is 4.50.